The minimum absolute atomic E-state index is 0.227. The van der Waals surface area contributed by atoms with E-state index in [9.17, 15) is 9.59 Å². The van der Waals surface area contributed by atoms with Crippen LogP contribution in [0.2, 0.25) is 0 Å². The van der Waals surface area contributed by atoms with Crippen molar-refractivity contribution < 1.29 is 14.3 Å². The van der Waals surface area contributed by atoms with Crippen molar-refractivity contribution in [1.29, 1.82) is 0 Å². The number of rotatable bonds is 6. The number of hydrogen-bond acceptors (Lipinski definition) is 3. The molecule has 0 aliphatic rings. The lowest BCUT2D eigenvalue weighted by Crippen LogP contribution is -2.12. The van der Waals surface area contributed by atoms with Crippen molar-refractivity contribution in [2.75, 3.05) is 6.61 Å². The van der Waals surface area contributed by atoms with E-state index in [1.165, 1.54) is 6.08 Å². The van der Waals surface area contributed by atoms with E-state index in [1.54, 1.807) is 12.3 Å². The van der Waals surface area contributed by atoms with Crippen molar-refractivity contribution in [2.24, 2.45) is 0 Å². The molecule has 0 amide bonds. The Labute approximate surface area is 160 Å². The summed E-state index contributed by atoms with van der Waals surface area (Å²) in [4.78, 5) is 27.4. The number of ether oxygens (including phenoxy) is 1. The minimum atomic E-state index is -0.546. The predicted molar refractivity (Wildman–Crippen MR) is 106 cm³/mol. The maximum Gasteiger partial charge on any atom is 0.331 e. The van der Waals surface area contributed by atoms with Crippen molar-refractivity contribution in [2.45, 2.75) is 13.3 Å². The average Bonchev–Trinajstić information content (AvgIpc) is 3.10. The van der Waals surface area contributed by atoms with Crippen molar-refractivity contribution >= 4 is 44.7 Å². The summed E-state index contributed by atoms with van der Waals surface area (Å²) in [5, 5.41) is 0.857. The van der Waals surface area contributed by atoms with Crippen LogP contribution in [0.4, 0.5) is 0 Å². The van der Waals surface area contributed by atoms with E-state index in [4.69, 9.17) is 4.74 Å². The molecule has 132 valence electrons. The number of esters is 1. The van der Waals surface area contributed by atoms with Crippen LogP contribution in [0.3, 0.4) is 0 Å². The molecule has 0 bridgehead atoms. The summed E-state index contributed by atoms with van der Waals surface area (Å²) in [6.07, 6.45) is 5.53. The third-order valence-electron chi connectivity index (χ3n) is 4.11. The van der Waals surface area contributed by atoms with E-state index in [-0.39, 0.29) is 12.4 Å². The lowest BCUT2D eigenvalue weighted by Gasteiger charge is -2.02. The van der Waals surface area contributed by atoms with Gasteiger partial charge in [0.1, 0.15) is 0 Å². The average molecular weight is 412 g/mol. The first-order valence-electron chi connectivity index (χ1n) is 8.31. The maximum atomic E-state index is 12.4. The highest BCUT2D eigenvalue weighted by atomic mass is 79.9. The fourth-order valence-corrected chi connectivity index (χ4v) is 3.01. The fraction of sp³-hybridized carbons (Fsp3) is 0.143. The first kappa shape index (κ1) is 18.1. The van der Waals surface area contributed by atoms with E-state index < -0.39 is 5.97 Å². The third kappa shape index (κ3) is 4.11. The Morgan fingerprint density at radius 1 is 1.15 bits per heavy atom. The highest BCUT2D eigenvalue weighted by Gasteiger charge is 2.14. The van der Waals surface area contributed by atoms with Gasteiger partial charge in [-0.25, -0.2) is 4.79 Å². The number of benzene rings is 2. The van der Waals surface area contributed by atoms with Gasteiger partial charge in [0, 0.05) is 33.2 Å². The Hall–Kier alpha value is -2.66. The maximum absolute atomic E-state index is 12.4. The first-order valence-corrected chi connectivity index (χ1v) is 9.10. The summed E-state index contributed by atoms with van der Waals surface area (Å²) in [5.41, 5.74) is 3.52. The number of carbonyl (C=O) groups is 2. The standard InChI is InChI=1S/C21H18BrNO3/c1-2-15-4-3-5-17-18(12-23-21(15)17)19(24)13-26-20(25)11-8-14-6-9-16(22)10-7-14/h3-12,23H,2,13H2,1H3/b11-8+. The van der Waals surface area contributed by atoms with Crippen LogP contribution in [0.25, 0.3) is 17.0 Å². The Morgan fingerprint density at radius 3 is 2.65 bits per heavy atom. The number of fused-ring (bicyclic) bond motifs is 1. The molecule has 3 rings (SSSR count). The zero-order valence-electron chi connectivity index (χ0n) is 14.3. The molecule has 2 aromatic carbocycles. The lowest BCUT2D eigenvalue weighted by molar-refractivity contribution is -0.136. The SMILES string of the molecule is CCc1cccc2c(C(=O)COC(=O)/C=C/c3ccc(Br)cc3)c[nH]c12. The van der Waals surface area contributed by atoms with E-state index in [1.807, 2.05) is 42.5 Å². The largest absolute Gasteiger partial charge is 0.454 e. The monoisotopic (exact) mass is 411 g/mol. The smallest absolute Gasteiger partial charge is 0.331 e. The molecule has 5 heteroatoms. The van der Waals surface area contributed by atoms with Crippen LogP contribution >= 0.6 is 15.9 Å². The van der Waals surface area contributed by atoms with Gasteiger partial charge in [-0.05, 0) is 35.8 Å². The number of ketones is 1. The molecule has 1 heterocycles. The highest BCUT2D eigenvalue weighted by Crippen LogP contribution is 2.22. The lowest BCUT2D eigenvalue weighted by atomic mass is 10.1. The van der Waals surface area contributed by atoms with Crippen LogP contribution in [0, 0.1) is 0 Å². The summed E-state index contributed by atoms with van der Waals surface area (Å²) in [7, 11) is 0. The van der Waals surface area contributed by atoms with Gasteiger partial charge in [-0.1, -0.05) is 53.2 Å². The summed E-state index contributed by atoms with van der Waals surface area (Å²) < 4.78 is 6.05. The van der Waals surface area contributed by atoms with Gasteiger partial charge in [0.25, 0.3) is 0 Å². The number of carbonyl (C=O) groups excluding carboxylic acids is 2. The number of para-hydroxylation sites is 1. The number of Topliss-reactive ketones (excluding diaryl/α,β-unsaturated/α-hetero) is 1. The number of halogens is 1. The molecule has 0 saturated heterocycles. The third-order valence-corrected chi connectivity index (χ3v) is 4.64. The molecule has 0 spiro atoms. The zero-order valence-corrected chi connectivity index (χ0v) is 15.9. The molecule has 0 saturated carbocycles. The molecule has 0 atom stereocenters. The van der Waals surface area contributed by atoms with Crippen molar-refractivity contribution in [3.05, 3.63) is 75.9 Å². The van der Waals surface area contributed by atoms with Crippen LogP contribution in [0.5, 0.6) is 0 Å². The Balaban J connectivity index is 1.63. The first-order chi connectivity index (χ1) is 12.6. The Bertz CT molecular complexity index is 971. The van der Waals surface area contributed by atoms with Gasteiger partial charge in [-0.15, -0.1) is 0 Å². The predicted octanol–water partition coefficient (Wildman–Crippen LogP) is 4.93. The van der Waals surface area contributed by atoms with Crippen LogP contribution in [0.15, 0.2) is 59.2 Å². The van der Waals surface area contributed by atoms with Gasteiger partial charge in [0.05, 0.1) is 0 Å². The normalized spacial score (nSPS) is 11.2. The summed E-state index contributed by atoms with van der Waals surface area (Å²) in [6.45, 7) is 1.78. The molecular weight excluding hydrogens is 394 g/mol. The molecule has 3 aromatic rings. The van der Waals surface area contributed by atoms with E-state index >= 15 is 0 Å². The summed E-state index contributed by atoms with van der Waals surface area (Å²) in [5.74, 6) is -0.773. The van der Waals surface area contributed by atoms with Crippen LogP contribution in [-0.4, -0.2) is 23.3 Å². The second-order valence-electron chi connectivity index (χ2n) is 5.81. The van der Waals surface area contributed by atoms with Gasteiger partial charge in [-0.2, -0.15) is 0 Å². The van der Waals surface area contributed by atoms with Crippen molar-refractivity contribution in [3.8, 4) is 0 Å². The van der Waals surface area contributed by atoms with Crippen molar-refractivity contribution in [1.82, 2.24) is 4.98 Å². The summed E-state index contributed by atoms with van der Waals surface area (Å²) >= 11 is 3.36. The molecule has 1 aromatic heterocycles. The van der Waals surface area contributed by atoms with E-state index in [0.717, 1.165) is 32.9 Å². The van der Waals surface area contributed by atoms with Gasteiger partial charge in [0.15, 0.2) is 6.61 Å². The number of hydrogen-bond donors (Lipinski definition) is 1. The highest BCUT2D eigenvalue weighted by molar-refractivity contribution is 9.10. The number of aryl methyl sites for hydroxylation is 1. The molecular formula is C21H18BrNO3. The quantitative estimate of drug-likeness (QED) is 0.355. The molecule has 0 fully saturated rings. The topological polar surface area (TPSA) is 59.2 Å². The zero-order chi connectivity index (χ0) is 18.5. The molecule has 0 aliphatic carbocycles. The molecule has 4 nitrogen and oxygen atoms in total. The van der Waals surface area contributed by atoms with Gasteiger partial charge < -0.3 is 9.72 Å². The van der Waals surface area contributed by atoms with Gasteiger partial charge in [0.2, 0.25) is 5.78 Å². The molecule has 0 radical (unpaired) electrons. The van der Waals surface area contributed by atoms with Gasteiger partial charge in [-0.3, -0.25) is 4.79 Å². The second-order valence-corrected chi connectivity index (χ2v) is 6.73. The summed E-state index contributed by atoms with van der Waals surface area (Å²) in [6, 6.07) is 13.4. The number of aromatic amines is 1. The van der Waals surface area contributed by atoms with E-state index in [2.05, 4.69) is 27.8 Å². The minimum Gasteiger partial charge on any atom is -0.454 e. The molecule has 1 N–H and O–H groups in total. The molecule has 0 unspecified atom stereocenters. The van der Waals surface area contributed by atoms with E-state index in [0.29, 0.717) is 5.56 Å². The number of H-pyrrole nitrogens is 1. The Morgan fingerprint density at radius 2 is 1.92 bits per heavy atom. The number of aromatic nitrogens is 1. The van der Waals surface area contributed by atoms with Crippen molar-refractivity contribution in [3.63, 3.8) is 0 Å². The Kier molecular flexibility index (Phi) is 5.68. The van der Waals surface area contributed by atoms with Crippen LogP contribution in [0.1, 0.15) is 28.4 Å². The number of nitrogens with one attached hydrogen (secondary N) is 1. The fourth-order valence-electron chi connectivity index (χ4n) is 2.74. The molecule has 0 aliphatic heterocycles. The van der Waals surface area contributed by atoms with Gasteiger partial charge >= 0.3 is 5.97 Å². The second kappa shape index (κ2) is 8.15. The van der Waals surface area contributed by atoms with Crippen LogP contribution < -0.4 is 0 Å². The molecule has 26 heavy (non-hydrogen) atoms. The van der Waals surface area contributed by atoms with Crippen LogP contribution in [-0.2, 0) is 16.0 Å².